The second-order valence-electron chi connectivity index (χ2n) is 5.53. The number of H-pyrrole nitrogens is 1. The summed E-state index contributed by atoms with van der Waals surface area (Å²) in [6.45, 7) is 0. The van der Waals surface area contributed by atoms with E-state index in [-0.39, 0.29) is 15.7 Å². The van der Waals surface area contributed by atoms with Crippen LogP contribution in [0.15, 0.2) is 44.3 Å². The Bertz CT molecular complexity index is 1390. The Balaban J connectivity index is 2.26. The molecule has 3 aromatic rings. The third-order valence-electron chi connectivity index (χ3n) is 3.57. The van der Waals surface area contributed by atoms with Crippen LogP contribution in [-0.2, 0) is 20.0 Å². The van der Waals surface area contributed by atoms with Gasteiger partial charge in [0.25, 0.3) is 5.95 Å². The third kappa shape index (κ3) is 4.04. The molecule has 152 valence electrons. The van der Waals surface area contributed by atoms with Gasteiger partial charge >= 0.3 is 5.97 Å². The average Bonchev–Trinajstić information content (AvgIpc) is 3.07. The Hall–Kier alpha value is -3.47. The molecule has 14 nitrogen and oxygen atoms in total. The number of aromatic carboxylic acids is 1. The van der Waals surface area contributed by atoms with Crippen LogP contribution in [0.2, 0.25) is 0 Å². The van der Waals surface area contributed by atoms with Gasteiger partial charge in [0.15, 0.2) is 5.75 Å². The summed E-state index contributed by atoms with van der Waals surface area (Å²) in [6, 6.07) is 4.34. The number of phenolic OH excluding ortho intramolecular Hbond substituents is 1. The molecule has 0 amide bonds. The molecule has 0 atom stereocenters. The first kappa shape index (κ1) is 20.3. The first-order chi connectivity index (χ1) is 13.4. The van der Waals surface area contributed by atoms with Gasteiger partial charge in [0.05, 0.1) is 4.90 Å². The van der Waals surface area contributed by atoms with E-state index in [9.17, 15) is 26.7 Å². The molecule has 7 N–H and O–H groups in total. The van der Waals surface area contributed by atoms with Crippen LogP contribution in [0.25, 0.3) is 10.8 Å². The van der Waals surface area contributed by atoms with Crippen molar-refractivity contribution in [1.82, 2.24) is 15.2 Å². The van der Waals surface area contributed by atoms with E-state index in [1.165, 1.54) is 6.07 Å². The zero-order chi connectivity index (χ0) is 21.6. The summed E-state index contributed by atoms with van der Waals surface area (Å²) in [5.41, 5.74) is -0.394. The highest BCUT2D eigenvalue weighted by molar-refractivity contribution is 7.89. The number of carbonyl (C=O) groups is 1. The van der Waals surface area contributed by atoms with Crippen molar-refractivity contribution in [3.63, 3.8) is 0 Å². The third-order valence-corrected chi connectivity index (χ3v) is 5.41. The Morgan fingerprint density at radius 3 is 2.31 bits per heavy atom. The Morgan fingerprint density at radius 2 is 1.76 bits per heavy atom. The molecule has 0 aliphatic carbocycles. The summed E-state index contributed by atoms with van der Waals surface area (Å²) >= 11 is 0. The normalized spacial score (nSPS) is 12.6. The number of carboxylic acids is 1. The van der Waals surface area contributed by atoms with Crippen LogP contribution in [0.3, 0.4) is 0 Å². The molecular weight excluding hydrogens is 430 g/mol. The van der Waals surface area contributed by atoms with Gasteiger partial charge in [-0.05, 0) is 23.6 Å². The first-order valence-corrected chi connectivity index (χ1v) is 10.4. The summed E-state index contributed by atoms with van der Waals surface area (Å²) in [7, 11) is -8.54. The van der Waals surface area contributed by atoms with Gasteiger partial charge in [-0.1, -0.05) is 6.07 Å². The molecule has 16 heteroatoms. The molecule has 0 fully saturated rings. The fourth-order valence-corrected chi connectivity index (χ4v) is 3.52. The Kier molecular flexibility index (Phi) is 4.79. The molecule has 0 radical (unpaired) electrons. The van der Waals surface area contributed by atoms with Gasteiger partial charge in [-0.3, -0.25) is 5.10 Å². The van der Waals surface area contributed by atoms with Crippen molar-refractivity contribution in [2.24, 2.45) is 20.5 Å². The highest BCUT2D eigenvalue weighted by Gasteiger charge is 2.22. The molecular formula is C13H11N7O7S2. The van der Waals surface area contributed by atoms with Gasteiger partial charge in [0.1, 0.15) is 10.6 Å². The molecule has 3 rings (SSSR count). The molecule has 0 saturated carbocycles. The van der Waals surface area contributed by atoms with E-state index in [2.05, 4.69) is 25.4 Å². The van der Waals surface area contributed by atoms with Crippen molar-refractivity contribution in [1.29, 1.82) is 0 Å². The molecule has 1 heterocycles. The van der Waals surface area contributed by atoms with E-state index in [1.807, 2.05) is 0 Å². The van der Waals surface area contributed by atoms with E-state index in [0.717, 1.165) is 18.2 Å². The summed E-state index contributed by atoms with van der Waals surface area (Å²) in [4.78, 5) is 13.2. The second-order valence-corrected chi connectivity index (χ2v) is 8.63. The number of benzene rings is 2. The van der Waals surface area contributed by atoms with Gasteiger partial charge in [-0.2, -0.15) is 4.98 Å². The maximum absolute atomic E-state index is 11.8. The number of aromatic hydroxyl groups is 1. The van der Waals surface area contributed by atoms with Crippen molar-refractivity contribution in [3.8, 4) is 5.75 Å². The minimum Gasteiger partial charge on any atom is -0.504 e. The number of aromatic amines is 1. The highest BCUT2D eigenvalue weighted by atomic mass is 32.2. The number of phenols is 1. The van der Waals surface area contributed by atoms with Crippen LogP contribution in [0, 0.1) is 0 Å². The number of nitrogens with two attached hydrogens (primary N) is 2. The molecule has 2 aromatic carbocycles. The molecule has 0 spiro atoms. The van der Waals surface area contributed by atoms with Gasteiger partial charge in [0, 0.05) is 5.39 Å². The maximum atomic E-state index is 11.8. The lowest BCUT2D eigenvalue weighted by atomic mass is 10.1. The summed E-state index contributed by atoms with van der Waals surface area (Å²) in [5, 5.41) is 42.2. The number of azo groups is 1. The van der Waals surface area contributed by atoms with E-state index in [0.29, 0.717) is 0 Å². The summed E-state index contributed by atoms with van der Waals surface area (Å²) < 4.78 is 46.7. The van der Waals surface area contributed by atoms with Crippen molar-refractivity contribution in [2.75, 3.05) is 0 Å². The average molecular weight is 441 g/mol. The summed E-state index contributed by atoms with van der Waals surface area (Å²) in [6.07, 6.45) is 0. The minimum atomic E-state index is -4.43. The zero-order valence-electron chi connectivity index (χ0n) is 14.0. The number of aromatic nitrogens is 3. The predicted molar refractivity (Wildman–Crippen MR) is 95.9 cm³/mol. The molecule has 0 saturated heterocycles. The second kappa shape index (κ2) is 6.85. The van der Waals surface area contributed by atoms with E-state index in [1.54, 1.807) is 0 Å². The number of fused-ring (bicyclic) bond motifs is 1. The van der Waals surface area contributed by atoms with Crippen LogP contribution in [0.4, 0.5) is 11.6 Å². The van der Waals surface area contributed by atoms with Crippen LogP contribution >= 0.6 is 0 Å². The number of carboxylic acid groups (broad SMARTS) is 1. The largest absolute Gasteiger partial charge is 0.504 e. The van der Waals surface area contributed by atoms with Crippen molar-refractivity contribution < 1.29 is 31.8 Å². The fourth-order valence-electron chi connectivity index (χ4n) is 2.31. The van der Waals surface area contributed by atoms with E-state index >= 15 is 0 Å². The molecule has 29 heavy (non-hydrogen) atoms. The number of primary sulfonamides is 2. The zero-order valence-corrected chi connectivity index (χ0v) is 15.6. The quantitative estimate of drug-likeness (QED) is 0.336. The lowest BCUT2D eigenvalue weighted by Crippen LogP contribution is -2.13. The molecule has 1 aromatic heterocycles. The molecule has 0 aliphatic rings. The SMILES string of the molecule is NS(=O)(=O)c1ccc2c(N=Nc3n[nH]c(C(=O)O)n3)c(O)c(S(N)(=O)=O)cc2c1. The smallest absolute Gasteiger partial charge is 0.373 e. The van der Waals surface area contributed by atoms with Crippen LogP contribution < -0.4 is 10.3 Å². The van der Waals surface area contributed by atoms with Crippen LogP contribution in [0.1, 0.15) is 10.6 Å². The number of nitrogens with one attached hydrogen (secondary N) is 1. The van der Waals surface area contributed by atoms with Crippen molar-refractivity contribution >= 4 is 48.4 Å². The molecule has 0 aliphatic heterocycles. The molecule has 0 bridgehead atoms. The number of sulfonamides is 2. The van der Waals surface area contributed by atoms with E-state index in [4.69, 9.17) is 15.4 Å². The standard InChI is InChI=1S/C13H11N7O7S2/c14-28(24,25)6-1-2-7-5(3-6)4-8(29(15,26)27)10(21)9(7)17-19-13-16-11(12(22)23)18-20-13/h1-4,21H,(H,22,23)(H2,14,24,25)(H2,15,26,27)(H,16,18,20). The topological polar surface area (TPSA) is 244 Å². The molecule has 0 unspecified atom stereocenters. The van der Waals surface area contributed by atoms with Gasteiger partial charge in [-0.25, -0.2) is 31.9 Å². The number of hydrogen-bond acceptors (Lipinski definition) is 10. The van der Waals surface area contributed by atoms with E-state index < -0.39 is 54.1 Å². The van der Waals surface area contributed by atoms with Crippen molar-refractivity contribution in [2.45, 2.75) is 9.79 Å². The monoisotopic (exact) mass is 441 g/mol. The minimum absolute atomic E-state index is 0.0218. The van der Waals surface area contributed by atoms with Crippen LogP contribution in [-0.4, -0.2) is 48.2 Å². The van der Waals surface area contributed by atoms with Gasteiger partial charge in [0.2, 0.25) is 25.9 Å². The Morgan fingerprint density at radius 1 is 1.07 bits per heavy atom. The van der Waals surface area contributed by atoms with Crippen molar-refractivity contribution in [3.05, 3.63) is 30.1 Å². The number of nitrogens with zero attached hydrogens (tertiary/aromatic N) is 4. The first-order valence-electron chi connectivity index (χ1n) is 7.30. The van der Waals surface area contributed by atoms with Gasteiger partial charge < -0.3 is 10.2 Å². The summed E-state index contributed by atoms with van der Waals surface area (Å²) in [5.74, 6) is -3.21. The fraction of sp³-hybridized carbons (Fsp3) is 0. The number of hydrogen-bond donors (Lipinski definition) is 5. The van der Waals surface area contributed by atoms with Crippen LogP contribution in [0.5, 0.6) is 5.75 Å². The van der Waals surface area contributed by atoms with Gasteiger partial charge in [-0.15, -0.1) is 15.3 Å². The highest BCUT2D eigenvalue weighted by Crippen LogP contribution is 2.41. The number of rotatable bonds is 5. The predicted octanol–water partition coefficient (Wildman–Crippen LogP) is 0.0719. The maximum Gasteiger partial charge on any atom is 0.373 e. The lowest BCUT2D eigenvalue weighted by molar-refractivity contribution is 0.0684. The Labute approximate surface area is 162 Å². The lowest BCUT2D eigenvalue weighted by Gasteiger charge is -2.10.